The van der Waals surface area contributed by atoms with Crippen LogP contribution in [0.15, 0.2) is 95.8 Å². The fraction of sp³-hybridized carbons (Fsp3) is 0.265. The van der Waals surface area contributed by atoms with Crippen LogP contribution >= 0.6 is 0 Å². The van der Waals surface area contributed by atoms with Gasteiger partial charge in [0.25, 0.3) is 0 Å². The van der Waals surface area contributed by atoms with E-state index in [0.717, 1.165) is 35.2 Å². The summed E-state index contributed by atoms with van der Waals surface area (Å²) in [6, 6.07) is 29.1. The molecule has 5 aromatic rings. The molecular weight excluding hydrogens is 544 g/mol. The first-order chi connectivity index (χ1) is 21.0. The zero-order chi connectivity index (χ0) is 29.8. The lowest BCUT2D eigenvalue weighted by molar-refractivity contribution is -0.142. The Morgan fingerprint density at radius 1 is 0.860 bits per heavy atom. The summed E-state index contributed by atoms with van der Waals surface area (Å²) in [7, 11) is 1.75. The second kappa shape index (κ2) is 12.4. The van der Waals surface area contributed by atoms with Gasteiger partial charge in [0, 0.05) is 19.2 Å². The second-order valence-corrected chi connectivity index (χ2v) is 10.9. The van der Waals surface area contributed by atoms with Crippen molar-refractivity contribution in [3.8, 4) is 17.4 Å². The number of nitrogens with one attached hydrogen (secondary N) is 1. The molecule has 0 saturated heterocycles. The first kappa shape index (κ1) is 28.1. The molecule has 1 aliphatic carbocycles. The Bertz CT molecular complexity index is 1770. The van der Waals surface area contributed by atoms with Crippen LogP contribution in [0.4, 0.5) is 5.69 Å². The van der Waals surface area contributed by atoms with E-state index >= 15 is 0 Å². The number of fused-ring (bicyclic) bond motifs is 1. The standard InChI is InChI=1S/C34H34N4O5/c1-37-31-27(35-26-17-15-25(16-18-26)33(39)40)13-8-14-28(31)38(34(37)41)29-19-20-30(42-21-23-9-4-2-5-10-23)36-32(29)43-22-24-11-6-3-7-12-24/h2-14,19-20,25-26,35H,15-18,21-22H2,1H3,(H,39,40)/t25-,26-. The van der Waals surface area contributed by atoms with Crippen molar-refractivity contribution in [1.29, 1.82) is 0 Å². The van der Waals surface area contributed by atoms with Crippen LogP contribution in [-0.4, -0.2) is 31.2 Å². The number of hydrogen-bond donors (Lipinski definition) is 2. The highest BCUT2D eigenvalue weighted by molar-refractivity contribution is 5.90. The molecule has 0 radical (unpaired) electrons. The number of para-hydroxylation sites is 1. The molecule has 2 heterocycles. The molecule has 9 heteroatoms. The molecule has 9 nitrogen and oxygen atoms in total. The molecule has 0 bridgehead atoms. The van der Waals surface area contributed by atoms with Crippen molar-refractivity contribution in [2.24, 2.45) is 13.0 Å². The number of rotatable bonds is 10. The quantitative estimate of drug-likeness (QED) is 0.211. The number of ether oxygens (including phenoxy) is 2. The third-order valence-corrected chi connectivity index (χ3v) is 8.01. The van der Waals surface area contributed by atoms with Gasteiger partial charge < -0.3 is 19.9 Å². The van der Waals surface area contributed by atoms with E-state index in [-0.39, 0.29) is 30.1 Å². The molecule has 220 valence electrons. The Labute approximate surface area is 249 Å². The van der Waals surface area contributed by atoms with Crippen LogP contribution in [0.3, 0.4) is 0 Å². The highest BCUT2D eigenvalue weighted by Gasteiger charge is 2.27. The van der Waals surface area contributed by atoms with E-state index in [1.807, 2.05) is 84.9 Å². The number of hydrogen-bond acceptors (Lipinski definition) is 6. The van der Waals surface area contributed by atoms with Crippen LogP contribution in [-0.2, 0) is 25.1 Å². The third-order valence-electron chi connectivity index (χ3n) is 8.01. The minimum absolute atomic E-state index is 0.132. The summed E-state index contributed by atoms with van der Waals surface area (Å²) < 4.78 is 15.5. The third kappa shape index (κ3) is 6.11. The van der Waals surface area contributed by atoms with Crippen molar-refractivity contribution in [2.45, 2.75) is 44.9 Å². The number of nitrogens with zero attached hydrogens (tertiary/aromatic N) is 3. The molecule has 0 amide bonds. The van der Waals surface area contributed by atoms with E-state index in [9.17, 15) is 14.7 Å². The normalized spacial score (nSPS) is 16.6. The number of carbonyl (C=O) groups is 1. The van der Waals surface area contributed by atoms with Gasteiger partial charge in [-0.05, 0) is 55.0 Å². The lowest BCUT2D eigenvalue weighted by atomic mass is 9.86. The fourth-order valence-corrected chi connectivity index (χ4v) is 5.70. The van der Waals surface area contributed by atoms with E-state index < -0.39 is 5.97 Å². The lowest BCUT2D eigenvalue weighted by Gasteiger charge is -2.28. The Balaban J connectivity index is 1.34. The van der Waals surface area contributed by atoms with Gasteiger partial charge in [0.2, 0.25) is 11.8 Å². The Hall–Kier alpha value is -5.05. The summed E-state index contributed by atoms with van der Waals surface area (Å²) in [6.45, 7) is 0.622. The molecule has 1 saturated carbocycles. The minimum atomic E-state index is -0.726. The van der Waals surface area contributed by atoms with Crippen LogP contribution in [0, 0.1) is 5.92 Å². The van der Waals surface area contributed by atoms with Gasteiger partial charge in [-0.3, -0.25) is 13.9 Å². The summed E-state index contributed by atoms with van der Waals surface area (Å²) in [5, 5.41) is 13.0. The summed E-state index contributed by atoms with van der Waals surface area (Å²) >= 11 is 0. The molecule has 0 unspecified atom stereocenters. The van der Waals surface area contributed by atoms with Gasteiger partial charge in [0.15, 0.2) is 0 Å². The number of pyridine rings is 1. The fourth-order valence-electron chi connectivity index (χ4n) is 5.70. The molecule has 2 N–H and O–H groups in total. The van der Waals surface area contributed by atoms with E-state index in [1.54, 1.807) is 22.2 Å². The zero-order valence-corrected chi connectivity index (χ0v) is 24.0. The Morgan fingerprint density at radius 3 is 2.16 bits per heavy atom. The predicted octanol–water partition coefficient (Wildman–Crippen LogP) is 5.94. The van der Waals surface area contributed by atoms with E-state index in [0.29, 0.717) is 36.5 Å². The molecular formula is C34H34N4O5. The molecule has 0 aliphatic heterocycles. The van der Waals surface area contributed by atoms with E-state index in [1.165, 1.54) is 0 Å². The number of aliphatic carboxylic acids is 1. The van der Waals surface area contributed by atoms with Crippen molar-refractivity contribution in [2.75, 3.05) is 5.32 Å². The van der Waals surface area contributed by atoms with Crippen molar-refractivity contribution in [3.05, 3.63) is 113 Å². The number of imidazole rings is 1. The van der Waals surface area contributed by atoms with Crippen LogP contribution in [0.25, 0.3) is 16.7 Å². The SMILES string of the molecule is Cn1c(=O)n(-c2ccc(OCc3ccccc3)nc2OCc2ccccc2)c2cccc(N[C@H]3CC[C@H](C(=O)O)CC3)c21. The number of benzene rings is 3. The first-order valence-electron chi connectivity index (χ1n) is 14.5. The van der Waals surface area contributed by atoms with Gasteiger partial charge in [-0.1, -0.05) is 66.7 Å². The lowest BCUT2D eigenvalue weighted by Crippen LogP contribution is -2.29. The topological polar surface area (TPSA) is 108 Å². The number of carboxylic acids is 1. The smallest absolute Gasteiger partial charge is 0.333 e. The molecule has 1 fully saturated rings. The largest absolute Gasteiger partial charge is 0.481 e. The maximum absolute atomic E-state index is 13.8. The summed E-state index contributed by atoms with van der Waals surface area (Å²) in [5.41, 5.74) is 4.56. The number of carboxylic acid groups (broad SMARTS) is 1. The van der Waals surface area contributed by atoms with Crippen LogP contribution in [0.5, 0.6) is 11.8 Å². The van der Waals surface area contributed by atoms with Gasteiger partial charge in [-0.25, -0.2) is 4.79 Å². The highest BCUT2D eigenvalue weighted by Crippen LogP contribution is 2.32. The van der Waals surface area contributed by atoms with Crippen molar-refractivity contribution < 1.29 is 19.4 Å². The molecule has 2 aromatic heterocycles. The Kier molecular flexibility index (Phi) is 8.13. The predicted molar refractivity (Wildman–Crippen MR) is 165 cm³/mol. The summed E-state index contributed by atoms with van der Waals surface area (Å²) in [6.07, 6.45) is 2.78. The molecule has 6 rings (SSSR count). The summed E-state index contributed by atoms with van der Waals surface area (Å²) in [5.74, 6) is -0.339. The van der Waals surface area contributed by atoms with Crippen LogP contribution in [0.2, 0.25) is 0 Å². The molecule has 0 spiro atoms. The molecule has 0 atom stereocenters. The van der Waals surface area contributed by atoms with Gasteiger partial charge in [0.1, 0.15) is 18.9 Å². The summed E-state index contributed by atoms with van der Waals surface area (Å²) in [4.78, 5) is 29.9. The van der Waals surface area contributed by atoms with E-state index in [4.69, 9.17) is 14.5 Å². The highest BCUT2D eigenvalue weighted by atomic mass is 16.5. The Morgan fingerprint density at radius 2 is 1.51 bits per heavy atom. The van der Waals surface area contributed by atoms with Crippen molar-refractivity contribution in [3.63, 3.8) is 0 Å². The number of aryl methyl sites for hydroxylation is 1. The molecule has 1 aliphatic rings. The number of aromatic nitrogens is 3. The van der Waals surface area contributed by atoms with E-state index in [2.05, 4.69) is 5.32 Å². The van der Waals surface area contributed by atoms with Gasteiger partial charge in [0.05, 0.1) is 22.6 Å². The monoisotopic (exact) mass is 578 g/mol. The van der Waals surface area contributed by atoms with Gasteiger partial charge >= 0.3 is 11.7 Å². The van der Waals surface area contributed by atoms with Crippen molar-refractivity contribution in [1.82, 2.24) is 14.1 Å². The zero-order valence-electron chi connectivity index (χ0n) is 24.0. The van der Waals surface area contributed by atoms with Crippen LogP contribution in [0.1, 0.15) is 36.8 Å². The number of anilines is 1. The first-order valence-corrected chi connectivity index (χ1v) is 14.5. The minimum Gasteiger partial charge on any atom is -0.481 e. The van der Waals surface area contributed by atoms with Crippen LogP contribution < -0.4 is 20.5 Å². The molecule has 3 aromatic carbocycles. The maximum Gasteiger partial charge on any atom is 0.333 e. The van der Waals surface area contributed by atoms with Crippen molar-refractivity contribution >= 4 is 22.7 Å². The average Bonchev–Trinajstić information content (AvgIpc) is 3.30. The second-order valence-electron chi connectivity index (χ2n) is 10.9. The maximum atomic E-state index is 13.8. The molecule has 43 heavy (non-hydrogen) atoms. The average molecular weight is 579 g/mol. The van der Waals surface area contributed by atoms with Gasteiger partial charge in [-0.2, -0.15) is 4.98 Å². The van der Waals surface area contributed by atoms with Gasteiger partial charge in [-0.15, -0.1) is 0 Å².